The van der Waals surface area contributed by atoms with Crippen LogP contribution in [0.25, 0.3) is 0 Å². The summed E-state index contributed by atoms with van der Waals surface area (Å²) >= 11 is 1.51. The molecule has 0 fully saturated rings. The summed E-state index contributed by atoms with van der Waals surface area (Å²) in [6.45, 7) is 4.10. The number of hydrogen-bond acceptors (Lipinski definition) is 4. The predicted octanol–water partition coefficient (Wildman–Crippen LogP) is 4.00. The summed E-state index contributed by atoms with van der Waals surface area (Å²) in [5.41, 5.74) is 3.58. The first-order valence-electron chi connectivity index (χ1n) is 8.56. The van der Waals surface area contributed by atoms with Gasteiger partial charge in [-0.15, -0.1) is 11.8 Å². The molecule has 0 saturated carbocycles. The molecular formula is C21H21N3O2S. The van der Waals surface area contributed by atoms with Crippen LogP contribution in [0.3, 0.4) is 0 Å². The normalized spacial score (nSPS) is 10.6. The van der Waals surface area contributed by atoms with Crippen molar-refractivity contribution in [2.45, 2.75) is 18.7 Å². The molecular weight excluding hydrogens is 358 g/mol. The van der Waals surface area contributed by atoms with Gasteiger partial charge in [0.1, 0.15) is 0 Å². The van der Waals surface area contributed by atoms with Crippen LogP contribution in [0.2, 0.25) is 0 Å². The van der Waals surface area contributed by atoms with Gasteiger partial charge in [0, 0.05) is 35.6 Å². The number of aryl methyl sites for hydroxylation is 3. The second-order valence-corrected chi connectivity index (χ2v) is 7.39. The fourth-order valence-corrected chi connectivity index (χ4v) is 3.53. The molecule has 0 unspecified atom stereocenters. The average Bonchev–Trinajstić information content (AvgIpc) is 3.07. The molecule has 0 atom stereocenters. The number of carbonyl (C=O) groups excluding carboxylic acids is 2. The van der Waals surface area contributed by atoms with Crippen molar-refractivity contribution < 1.29 is 9.59 Å². The van der Waals surface area contributed by atoms with Crippen LogP contribution in [0.4, 0.5) is 5.69 Å². The third-order valence-corrected chi connectivity index (χ3v) is 5.32. The number of amides is 1. The Morgan fingerprint density at radius 3 is 2.48 bits per heavy atom. The van der Waals surface area contributed by atoms with Crippen LogP contribution in [0.15, 0.2) is 59.8 Å². The Bertz CT molecular complexity index is 977. The third-order valence-electron chi connectivity index (χ3n) is 4.14. The highest BCUT2D eigenvalue weighted by molar-refractivity contribution is 8.00. The zero-order valence-corrected chi connectivity index (χ0v) is 16.3. The van der Waals surface area contributed by atoms with Gasteiger partial charge in [-0.1, -0.05) is 17.7 Å². The van der Waals surface area contributed by atoms with Crippen LogP contribution in [-0.2, 0) is 11.8 Å². The highest BCUT2D eigenvalue weighted by Gasteiger charge is 2.13. The van der Waals surface area contributed by atoms with E-state index < -0.39 is 0 Å². The van der Waals surface area contributed by atoms with E-state index in [2.05, 4.69) is 23.3 Å². The Kier molecular flexibility index (Phi) is 5.76. The number of rotatable bonds is 6. The smallest absolute Gasteiger partial charge is 0.234 e. The number of imidazole rings is 1. The maximum atomic E-state index is 12.4. The molecule has 1 N–H and O–H groups in total. The Balaban J connectivity index is 1.58. The molecule has 1 heterocycles. The molecule has 0 radical (unpaired) electrons. The maximum Gasteiger partial charge on any atom is 0.234 e. The SMILES string of the molecule is Cc1ccc(SCC(=O)Nc2ccc(C(=O)c3nccn3C)cc2)c(C)c1. The predicted molar refractivity (Wildman–Crippen MR) is 108 cm³/mol. The summed E-state index contributed by atoms with van der Waals surface area (Å²) in [4.78, 5) is 29.8. The van der Waals surface area contributed by atoms with Gasteiger partial charge < -0.3 is 9.88 Å². The van der Waals surface area contributed by atoms with E-state index in [1.54, 1.807) is 48.3 Å². The molecule has 0 aliphatic heterocycles. The van der Waals surface area contributed by atoms with Gasteiger partial charge in [0.05, 0.1) is 5.75 Å². The van der Waals surface area contributed by atoms with E-state index in [4.69, 9.17) is 0 Å². The first-order chi connectivity index (χ1) is 12.9. The van der Waals surface area contributed by atoms with Crippen LogP contribution >= 0.6 is 11.8 Å². The quantitative estimate of drug-likeness (QED) is 0.519. The van der Waals surface area contributed by atoms with Gasteiger partial charge in [0.15, 0.2) is 5.82 Å². The average molecular weight is 379 g/mol. The van der Waals surface area contributed by atoms with Crippen LogP contribution in [-0.4, -0.2) is 27.0 Å². The second-order valence-electron chi connectivity index (χ2n) is 6.37. The van der Waals surface area contributed by atoms with Crippen molar-refractivity contribution in [3.05, 3.63) is 77.4 Å². The Labute approximate surface area is 162 Å². The lowest BCUT2D eigenvalue weighted by atomic mass is 10.1. The molecule has 0 aliphatic rings. The maximum absolute atomic E-state index is 12.4. The summed E-state index contributed by atoms with van der Waals surface area (Å²) in [5.74, 6) is 0.489. The molecule has 138 valence electrons. The first-order valence-corrected chi connectivity index (χ1v) is 9.54. The second kappa shape index (κ2) is 8.22. The molecule has 0 aliphatic carbocycles. The minimum Gasteiger partial charge on any atom is -0.331 e. The van der Waals surface area contributed by atoms with Crippen LogP contribution in [0, 0.1) is 13.8 Å². The van der Waals surface area contributed by atoms with Crippen LogP contribution in [0.1, 0.15) is 27.3 Å². The van der Waals surface area contributed by atoms with Gasteiger partial charge in [-0.25, -0.2) is 4.98 Å². The van der Waals surface area contributed by atoms with Crippen molar-refractivity contribution in [1.82, 2.24) is 9.55 Å². The molecule has 0 bridgehead atoms. The molecule has 1 aromatic heterocycles. The minimum absolute atomic E-state index is 0.0804. The topological polar surface area (TPSA) is 64.0 Å². The van der Waals surface area contributed by atoms with Gasteiger partial charge in [0.25, 0.3) is 0 Å². The summed E-state index contributed by atoms with van der Waals surface area (Å²) in [7, 11) is 1.78. The van der Waals surface area contributed by atoms with E-state index in [0.29, 0.717) is 22.8 Å². The standard InChI is InChI=1S/C21H21N3O2S/c1-14-4-9-18(15(2)12-14)27-13-19(25)23-17-7-5-16(6-8-17)20(26)21-22-10-11-24(21)3/h4-12H,13H2,1-3H3,(H,23,25). The first kappa shape index (κ1) is 18.9. The number of anilines is 1. The van der Waals surface area contributed by atoms with Crippen molar-refractivity contribution in [3.8, 4) is 0 Å². The zero-order chi connectivity index (χ0) is 19.4. The Morgan fingerprint density at radius 1 is 1.11 bits per heavy atom. The zero-order valence-electron chi connectivity index (χ0n) is 15.5. The molecule has 1 amide bonds. The largest absolute Gasteiger partial charge is 0.331 e. The highest BCUT2D eigenvalue weighted by Crippen LogP contribution is 2.23. The van der Waals surface area contributed by atoms with E-state index in [9.17, 15) is 9.59 Å². The lowest BCUT2D eigenvalue weighted by molar-refractivity contribution is -0.113. The van der Waals surface area contributed by atoms with Gasteiger partial charge in [-0.05, 0) is 49.7 Å². The molecule has 5 nitrogen and oxygen atoms in total. The van der Waals surface area contributed by atoms with E-state index in [1.807, 2.05) is 19.1 Å². The molecule has 6 heteroatoms. The number of nitrogens with one attached hydrogen (secondary N) is 1. The monoisotopic (exact) mass is 379 g/mol. The van der Waals surface area contributed by atoms with E-state index >= 15 is 0 Å². The van der Waals surface area contributed by atoms with Gasteiger partial charge in [-0.2, -0.15) is 0 Å². The summed E-state index contributed by atoms with van der Waals surface area (Å²) in [6, 6.07) is 13.1. The van der Waals surface area contributed by atoms with Crippen molar-refractivity contribution in [2.24, 2.45) is 7.05 Å². The lowest BCUT2D eigenvalue weighted by Crippen LogP contribution is -2.14. The lowest BCUT2D eigenvalue weighted by Gasteiger charge is -2.08. The number of nitrogens with zero attached hydrogens (tertiary/aromatic N) is 2. The van der Waals surface area contributed by atoms with E-state index in [1.165, 1.54) is 22.9 Å². The fourth-order valence-electron chi connectivity index (χ4n) is 2.72. The molecule has 3 rings (SSSR count). The van der Waals surface area contributed by atoms with Crippen molar-refractivity contribution in [3.63, 3.8) is 0 Å². The molecule has 27 heavy (non-hydrogen) atoms. The molecule has 0 saturated heterocycles. The van der Waals surface area contributed by atoms with Gasteiger partial charge in [-0.3, -0.25) is 9.59 Å². The summed E-state index contributed by atoms with van der Waals surface area (Å²) < 4.78 is 1.68. The van der Waals surface area contributed by atoms with Gasteiger partial charge >= 0.3 is 0 Å². The molecule has 3 aromatic rings. The third kappa shape index (κ3) is 4.65. The van der Waals surface area contributed by atoms with Crippen LogP contribution in [0.5, 0.6) is 0 Å². The number of hydrogen-bond donors (Lipinski definition) is 1. The minimum atomic E-state index is -0.147. The van der Waals surface area contributed by atoms with Gasteiger partial charge in [0.2, 0.25) is 11.7 Å². The fraction of sp³-hybridized carbons (Fsp3) is 0.190. The summed E-state index contributed by atoms with van der Waals surface area (Å²) in [6.07, 6.45) is 3.32. The number of carbonyl (C=O) groups is 2. The number of thioether (sulfide) groups is 1. The molecule has 2 aromatic carbocycles. The highest BCUT2D eigenvalue weighted by atomic mass is 32.2. The van der Waals surface area contributed by atoms with Crippen molar-refractivity contribution in [2.75, 3.05) is 11.1 Å². The number of benzene rings is 2. The molecule has 0 spiro atoms. The van der Waals surface area contributed by atoms with Crippen molar-refractivity contribution >= 4 is 29.1 Å². The van der Waals surface area contributed by atoms with Crippen LogP contribution < -0.4 is 5.32 Å². The van der Waals surface area contributed by atoms with E-state index in [0.717, 1.165) is 4.90 Å². The van der Waals surface area contributed by atoms with E-state index in [-0.39, 0.29) is 11.7 Å². The Morgan fingerprint density at radius 2 is 1.85 bits per heavy atom. The van der Waals surface area contributed by atoms with Crippen molar-refractivity contribution in [1.29, 1.82) is 0 Å². The Hall–Kier alpha value is -2.86. The number of aromatic nitrogens is 2. The number of ketones is 1. The summed E-state index contributed by atoms with van der Waals surface area (Å²) in [5, 5.41) is 2.86.